The van der Waals surface area contributed by atoms with Gasteiger partial charge < -0.3 is 14.8 Å². The van der Waals surface area contributed by atoms with Gasteiger partial charge in [-0.2, -0.15) is 0 Å². The average Bonchev–Trinajstić information content (AvgIpc) is 3.23. The first-order valence-electron chi connectivity index (χ1n) is 12.0. The Balaban J connectivity index is 1.44. The molecule has 2 aromatic carbocycles. The zero-order chi connectivity index (χ0) is 25.1. The van der Waals surface area contributed by atoms with Crippen molar-refractivity contribution in [1.82, 2.24) is 19.4 Å². The van der Waals surface area contributed by atoms with Crippen molar-refractivity contribution in [2.45, 2.75) is 19.1 Å². The first kappa shape index (κ1) is 23.7. The summed E-state index contributed by atoms with van der Waals surface area (Å²) in [7, 11) is 0. The molecule has 1 atom stereocenters. The molecule has 0 unspecified atom stereocenters. The SMILES string of the molecule is O=C(O)c1ccc2c([C@@H](C(=O)O)N3CCN(Cc4cccnc4)CC3)cn(Cc3ccccc3)c2c1. The fourth-order valence-corrected chi connectivity index (χ4v) is 5.00. The summed E-state index contributed by atoms with van der Waals surface area (Å²) < 4.78 is 1.96. The number of hydrogen-bond donors (Lipinski definition) is 2. The van der Waals surface area contributed by atoms with Gasteiger partial charge in [0.25, 0.3) is 0 Å². The van der Waals surface area contributed by atoms with Gasteiger partial charge in [-0.15, -0.1) is 0 Å². The number of benzene rings is 2. The Kier molecular flexibility index (Phi) is 6.79. The van der Waals surface area contributed by atoms with Crippen molar-refractivity contribution >= 4 is 22.8 Å². The first-order chi connectivity index (χ1) is 17.5. The Labute approximate surface area is 209 Å². The number of fused-ring (bicyclic) bond motifs is 1. The van der Waals surface area contributed by atoms with Gasteiger partial charge in [0.05, 0.1) is 5.56 Å². The van der Waals surface area contributed by atoms with Crippen LogP contribution in [0.4, 0.5) is 0 Å². The Morgan fingerprint density at radius 3 is 2.31 bits per heavy atom. The summed E-state index contributed by atoms with van der Waals surface area (Å²) >= 11 is 0. The number of carboxylic acid groups (broad SMARTS) is 2. The number of pyridine rings is 1. The molecule has 2 N–H and O–H groups in total. The summed E-state index contributed by atoms with van der Waals surface area (Å²) in [5.41, 5.74) is 3.77. The van der Waals surface area contributed by atoms with E-state index in [1.807, 2.05) is 64.3 Å². The van der Waals surface area contributed by atoms with E-state index in [4.69, 9.17) is 0 Å². The molecule has 8 nitrogen and oxygen atoms in total. The fraction of sp³-hybridized carbons (Fsp3) is 0.250. The zero-order valence-corrected chi connectivity index (χ0v) is 19.8. The van der Waals surface area contributed by atoms with E-state index in [9.17, 15) is 19.8 Å². The second-order valence-electron chi connectivity index (χ2n) is 9.15. The number of rotatable bonds is 8. The van der Waals surface area contributed by atoms with Crippen molar-refractivity contribution in [2.24, 2.45) is 0 Å². The normalized spacial score (nSPS) is 15.7. The molecule has 36 heavy (non-hydrogen) atoms. The summed E-state index contributed by atoms with van der Waals surface area (Å²) in [6.07, 6.45) is 5.50. The third-order valence-electron chi connectivity index (χ3n) is 6.79. The maximum absolute atomic E-state index is 12.6. The van der Waals surface area contributed by atoms with Crippen molar-refractivity contribution in [3.8, 4) is 0 Å². The monoisotopic (exact) mass is 484 g/mol. The van der Waals surface area contributed by atoms with E-state index in [0.29, 0.717) is 25.2 Å². The van der Waals surface area contributed by atoms with E-state index in [-0.39, 0.29) is 5.56 Å². The van der Waals surface area contributed by atoms with Crippen LogP contribution in [0.15, 0.2) is 79.3 Å². The predicted octanol–water partition coefficient (Wildman–Crippen LogP) is 3.73. The van der Waals surface area contributed by atoms with Crippen molar-refractivity contribution < 1.29 is 19.8 Å². The van der Waals surface area contributed by atoms with Crippen LogP contribution in [0.3, 0.4) is 0 Å². The molecule has 2 aromatic heterocycles. The van der Waals surface area contributed by atoms with Crippen LogP contribution in [0, 0.1) is 0 Å². The quantitative estimate of drug-likeness (QED) is 0.393. The number of nitrogens with zero attached hydrogens (tertiary/aromatic N) is 4. The van der Waals surface area contributed by atoms with Gasteiger partial charge in [-0.1, -0.05) is 42.5 Å². The molecule has 1 aliphatic rings. The van der Waals surface area contributed by atoms with Crippen LogP contribution < -0.4 is 0 Å². The Bertz CT molecular complexity index is 1360. The van der Waals surface area contributed by atoms with Crippen LogP contribution in [0.5, 0.6) is 0 Å². The van der Waals surface area contributed by atoms with Crippen molar-refractivity contribution in [3.05, 3.63) is 102 Å². The number of carbonyl (C=O) groups is 2. The van der Waals surface area contributed by atoms with Crippen LogP contribution in [-0.4, -0.2) is 67.7 Å². The van der Waals surface area contributed by atoms with Gasteiger partial charge in [-0.3, -0.25) is 19.6 Å². The number of aromatic carboxylic acids is 1. The third kappa shape index (κ3) is 5.00. The highest BCUT2D eigenvalue weighted by molar-refractivity contribution is 5.96. The molecule has 3 heterocycles. The van der Waals surface area contributed by atoms with Gasteiger partial charge in [-0.25, -0.2) is 4.79 Å². The maximum atomic E-state index is 12.6. The van der Waals surface area contributed by atoms with Gasteiger partial charge in [0.2, 0.25) is 0 Å². The number of aliphatic carboxylic acids is 1. The molecule has 1 aliphatic heterocycles. The van der Waals surface area contributed by atoms with Crippen molar-refractivity contribution in [3.63, 3.8) is 0 Å². The molecule has 0 aliphatic carbocycles. The summed E-state index contributed by atoms with van der Waals surface area (Å²) in [5.74, 6) is -1.91. The minimum absolute atomic E-state index is 0.178. The molecule has 4 aromatic rings. The van der Waals surface area contributed by atoms with Gasteiger partial charge in [-0.05, 0) is 29.3 Å². The molecule has 0 amide bonds. The lowest BCUT2D eigenvalue weighted by Crippen LogP contribution is -2.48. The molecular weight excluding hydrogens is 456 g/mol. The summed E-state index contributed by atoms with van der Waals surface area (Å²) in [5, 5.41) is 20.6. The smallest absolute Gasteiger partial charge is 0.335 e. The first-order valence-corrected chi connectivity index (χ1v) is 12.0. The molecule has 1 fully saturated rings. The second kappa shape index (κ2) is 10.3. The van der Waals surface area contributed by atoms with E-state index >= 15 is 0 Å². The molecule has 0 radical (unpaired) electrons. The molecule has 0 saturated carbocycles. The van der Waals surface area contributed by atoms with Gasteiger partial charge in [0, 0.05) is 74.3 Å². The molecule has 0 spiro atoms. The Hall–Kier alpha value is -4.01. The Morgan fingerprint density at radius 1 is 0.889 bits per heavy atom. The van der Waals surface area contributed by atoms with Crippen molar-refractivity contribution in [1.29, 1.82) is 0 Å². The van der Waals surface area contributed by atoms with Crippen LogP contribution in [-0.2, 0) is 17.9 Å². The number of aromatic nitrogens is 2. The van der Waals surface area contributed by atoms with E-state index < -0.39 is 18.0 Å². The summed E-state index contributed by atoms with van der Waals surface area (Å²) in [6, 6.07) is 17.9. The average molecular weight is 485 g/mol. The number of hydrogen-bond acceptors (Lipinski definition) is 5. The van der Waals surface area contributed by atoms with Gasteiger partial charge in [0.1, 0.15) is 6.04 Å². The van der Waals surface area contributed by atoms with Crippen molar-refractivity contribution in [2.75, 3.05) is 26.2 Å². The highest BCUT2D eigenvalue weighted by Crippen LogP contribution is 2.32. The van der Waals surface area contributed by atoms with Crippen LogP contribution >= 0.6 is 0 Å². The third-order valence-corrected chi connectivity index (χ3v) is 6.79. The van der Waals surface area contributed by atoms with Crippen LogP contribution in [0.2, 0.25) is 0 Å². The molecule has 184 valence electrons. The lowest BCUT2D eigenvalue weighted by atomic mass is 10.0. The largest absolute Gasteiger partial charge is 0.480 e. The highest BCUT2D eigenvalue weighted by atomic mass is 16.4. The summed E-state index contributed by atoms with van der Waals surface area (Å²) in [4.78, 5) is 32.7. The van der Waals surface area contributed by atoms with Crippen LogP contribution in [0.25, 0.3) is 10.9 Å². The lowest BCUT2D eigenvalue weighted by molar-refractivity contribution is -0.144. The van der Waals surface area contributed by atoms with Gasteiger partial charge in [0.15, 0.2) is 0 Å². The molecule has 1 saturated heterocycles. The Morgan fingerprint density at radius 2 is 1.64 bits per heavy atom. The topological polar surface area (TPSA) is 98.9 Å². The summed E-state index contributed by atoms with van der Waals surface area (Å²) in [6.45, 7) is 4.06. The number of piperazine rings is 1. The number of carboxylic acids is 2. The minimum Gasteiger partial charge on any atom is -0.480 e. The zero-order valence-electron chi connectivity index (χ0n) is 19.8. The standard InChI is InChI=1S/C28H28N4O4/c33-27(34)22-8-9-23-24(19-32(25(23)15-22)18-20-5-2-1-3-6-20)26(28(35)36)31-13-11-30(12-14-31)17-21-7-4-10-29-16-21/h1-10,15-16,19,26H,11-14,17-18H2,(H,33,34)(H,35,36)/t26-/m0/s1. The van der Waals surface area contributed by atoms with Gasteiger partial charge >= 0.3 is 11.9 Å². The molecule has 5 rings (SSSR count). The van der Waals surface area contributed by atoms with E-state index in [1.54, 1.807) is 24.4 Å². The minimum atomic E-state index is -1.01. The fourth-order valence-electron chi connectivity index (χ4n) is 5.00. The molecule has 8 heteroatoms. The maximum Gasteiger partial charge on any atom is 0.335 e. The lowest BCUT2D eigenvalue weighted by Gasteiger charge is -2.37. The van der Waals surface area contributed by atoms with Crippen LogP contribution in [0.1, 0.15) is 33.1 Å². The highest BCUT2D eigenvalue weighted by Gasteiger charge is 2.33. The predicted molar refractivity (Wildman–Crippen MR) is 136 cm³/mol. The van der Waals surface area contributed by atoms with E-state index in [0.717, 1.165) is 41.7 Å². The second-order valence-corrected chi connectivity index (χ2v) is 9.15. The molecule has 0 bridgehead atoms. The van der Waals surface area contributed by atoms with E-state index in [2.05, 4.69) is 9.88 Å². The van der Waals surface area contributed by atoms with E-state index in [1.165, 1.54) is 0 Å². The molecular formula is C28H28N4O4.